The number of aromatic nitrogens is 4. The maximum Gasteiger partial charge on any atom is 0.173 e. The lowest BCUT2D eigenvalue weighted by atomic mass is 9.94. The molecule has 6 nitrogen and oxygen atoms in total. The first-order chi connectivity index (χ1) is 15.2. The van der Waals surface area contributed by atoms with E-state index in [1.165, 1.54) is 54.5 Å². The zero-order chi connectivity index (χ0) is 21.2. The van der Waals surface area contributed by atoms with Crippen molar-refractivity contribution >= 4 is 5.69 Å². The van der Waals surface area contributed by atoms with E-state index >= 15 is 0 Å². The standard InChI is InChI=1S/C25H32N6/c1-29(2)22-14-12-20(13-15-22)24(30-17-16-19-8-6-7-9-21(19)18-30)25-26-27-28-31(25)23-10-4-3-5-11-23/h6-9,12-15,23-24H,3-5,10-11,16-18H2,1-2H3/t24-/m0/s1. The minimum Gasteiger partial charge on any atom is -0.378 e. The van der Waals surface area contributed by atoms with Crippen molar-refractivity contribution in [3.8, 4) is 0 Å². The third-order valence-electron chi connectivity index (χ3n) is 6.93. The van der Waals surface area contributed by atoms with Crippen LogP contribution >= 0.6 is 0 Å². The van der Waals surface area contributed by atoms with Gasteiger partial charge in [0.1, 0.15) is 0 Å². The van der Waals surface area contributed by atoms with Crippen LogP contribution < -0.4 is 4.90 Å². The Morgan fingerprint density at radius 2 is 1.68 bits per heavy atom. The highest BCUT2D eigenvalue weighted by atomic mass is 15.6. The summed E-state index contributed by atoms with van der Waals surface area (Å²) in [7, 11) is 4.16. The number of hydrogen-bond donors (Lipinski definition) is 0. The van der Waals surface area contributed by atoms with Gasteiger partial charge >= 0.3 is 0 Å². The summed E-state index contributed by atoms with van der Waals surface area (Å²) in [6.07, 6.45) is 7.27. The van der Waals surface area contributed by atoms with E-state index < -0.39 is 0 Å². The second kappa shape index (κ2) is 8.79. The molecule has 6 heteroatoms. The van der Waals surface area contributed by atoms with Crippen molar-refractivity contribution in [2.45, 2.75) is 57.2 Å². The number of hydrogen-bond acceptors (Lipinski definition) is 5. The molecule has 31 heavy (non-hydrogen) atoms. The van der Waals surface area contributed by atoms with Gasteiger partial charge in [-0.15, -0.1) is 5.10 Å². The summed E-state index contributed by atoms with van der Waals surface area (Å²) in [5, 5.41) is 13.3. The predicted molar refractivity (Wildman–Crippen MR) is 123 cm³/mol. The van der Waals surface area contributed by atoms with Crippen LogP contribution in [0.4, 0.5) is 5.69 Å². The lowest BCUT2D eigenvalue weighted by Crippen LogP contribution is -2.36. The van der Waals surface area contributed by atoms with Crippen LogP contribution in [0.15, 0.2) is 48.5 Å². The smallest absolute Gasteiger partial charge is 0.173 e. The van der Waals surface area contributed by atoms with Gasteiger partial charge in [-0.1, -0.05) is 55.7 Å². The molecule has 162 valence electrons. The fraction of sp³-hybridized carbons (Fsp3) is 0.480. The van der Waals surface area contributed by atoms with Crippen LogP contribution in [0.3, 0.4) is 0 Å². The summed E-state index contributed by atoms with van der Waals surface area (Å²) in [5.74, 6) is 0.990. The molecule has 1 aromatic heterocycles. The predicted octanol–water partition coefficient (Wildman–Crippen LogP) is 4.39. The first-order valence-corrected chi connectivity index (χ1v) is 11.6. The first kappa shape index (κ1) is 20.2. The van der Waals surface area contributed by atoms with Gasteiger partial charge in [0.05, 0.1) is 12.1 Å². The van der Waals surface area contributed by atoms with Crippen LogP contribution in [0.5, 0.6) is 0 Å². The van der Waals surface area contributed by atoms with E-state index in [4.69, 9.17) is 0 Å². The molecular weight excluding hydrogens is 384 g/mol. The quantitative estimate of drug-likeness (QED) is 0.617. The van der Waals surface area contributed by atoms with E-state index in [1.54, 1.807) is 0 Å². The van der Waals surface area contributed by atoms with Gasteiger partial charge in [0.25, 0.3) is 0 Å². The molecule has 0 unspecified atom stereocenters. The van der Waals surface area contributed by atoms with Crippen molar-refractivity contribution in [2.75, 3.05) is 25.5 Å². The minimum atomic E-state index is 0.0569. The summed E-state index contributed by atoms with van der Waals surface area (Å²) in [6.45, 7) is 1.93. The summed E-state index contributed by atoms with van der Waals surface area (Å²) < 4.78 is 2.14. The Morgan fingerprint density at radius 1 is 0.935 bits per heavy atom. The Morgan fingerprint density at radius 3 is 2.42 bits per heavy atom. The van der Waals surface area contributed by atoms with Crippen LogP contribution in [0, 0.1) is 0 Å². The third kappa shape index (κ3) is 4.09. The van der Waals surface area contributed by atoms with Crippen LogP contribution in [-0.4, -0.2) is 45.7 Å². The zero-order valence-corrected chi connectivity index (χ0v) is 18.6. The summed E-state index contributed by atoms with van der Waals surface area (Å²) >= 11 is 0. The Labute approximate surface area is 184 Å². The molecule has 1 aliphatic heterocycles. The van der Waals surface area contributed by atoms with E-state index in [0.717, 1.165) is 25.3 Å². The Bertz CT molecular complexity index is 1000. The molecule has 2 heterocycles. The summed E-state index contributed by atoms with van der Waals surface area (Å²) in [6, 6.07) is 18.2. The number of anilines is 1. The first-order valence-electron chi connectivity index (χ1n) is 11.6. The Balaban J connectivity index is 1.53. The maximum absolute atomic E-state index is 4.61. The third-order valence-corrected chi connectivity index (χ3v) is 6.93. The fourth-order valence-electron chi connectivity index (χ4n) is 5.18. The molecule has 1 aliphatic carbocycles. The molecule has 1 atom stereocenters. The van der Waals surface area contributed by atoms with Crippen molar-refractivity contribution in [3.63, 3.8) is 0 Å². The lowest BCUT2D eigenvalue weighted by molar-refractivity contribution is 0.188. The highest BCUT2D eigenvalue weighted by molar-refractivity contribution is 5.47. The molecule has 5 rings (SSSR count). The molecule has 3 aromatic rings. The van der Waals surface area contributed by atoms with E-state index in [2.05, 4.69) is 92.6 Å². The van der Waals surface area contributed by atoms with Gasteiger partial charge in [0.15, 0.2) is 5.82 Å². The monoisotopic (exact) mass is 416 g/mol. The van der Waals surface area contributed by atoms with Gasteiger partial charge < -0.3 is 4.90 Å². The molecule has 0 saturated heterocycles. The van der Waals surface area contributed by atoms with Gasteiger partial charge in [-0.3, -0.25) is 4.90 Å². The fourth-order valence-corrected chi connectivity index (χ4v) is 5.18. The van der Waals surface area contributed by atoms with E-state index in [1.807, 2.05) is 0 Å². The van der Waals surface area contributed by atoms with Crippen LogP contribution in [-0.2, 0) is 13.0 Å². The van der Waals surface area contributed by atoms with Crippen molar-refractivity contribution < 1.29 is 0 Å². The lowest BCUT2D eigenvalue weighted by Gasteiger charge is -2.36. The number of fused-ring (bicyclic) bond motifs is 1. The van der Waals surface area contributed by atoms with E-state index in [-0.39, 0.29) is 6.04 Å². The minimum absolute atomic E-state index is 0.0569. The Kier molecular flexibility index (Phi) is 5.72. The van der Waals surface area contributed by atoms with Crippen molar-refractivity contribution in [1.29, 1.82) is 0 Å². The van der Waals surface area contributed by atoms with Gasteiger partial charge in [0.2, 0.25) is 0 Å². The molecule has 2 aliphatic rings. The molecule has 0 radical (unpaired) electrons. The van der Waals surface area contributed by atoms with Gasteiger partial charge in [-0.05, 0) is 58.5 Å². The molecule has 0 amide bonds. The highest BCUT2D eigenvalue weighted by Gasteiger charge is 2.32. The van der Waals surface area contributed by atoms with Gasteiger partial charge in [-0.25, -0.2) is 4.68 Å². The number of rotatable bonds is 5. The number of tetrazole rings is 1. The van der Waals surface area contributed by atoms with E-state index in [0.29, 0.717) is 6.04 Å². The molecule has 2 aromatic carbocycles. The van der Waals surface area contributed by atoms with Crippen molar-refractivity contribution in [3.05, 3.63) is 71.0 Å². The Hall–Kier alpha value is -2.73. The normalized spacial score (nSPS) is 18.5. The summed E-state index contributed by atoms with van der Waals surface area (Å²) in [4.78, 5) is 4.69. The SMILES string of the molecule is CN(C)c1ccc([C@@H](c2nnnn2C2CCCCC2)N2CCc3ccccc3C2)cc1. The number of nitrogens with zero attached hydrogens (tertiary/aromatic N) is 6. The second-order valence-electron chi connectivity index (χ2n) is 9.15. The molecule has 0 N–H and O–H groups in total. The van der Waals surface area contributed by atoms with E-state index in [9.17, 15) is 0 Å². The second-order valence-corrected chi connectivity index (χ2v) is 9.15. The average Bonchev–Trinajstić information content (AvgIpc) is 3.29. The van der Waals surface area contributed by atoms with Crippen molar-refractivity contribution in [1.82, 2.24) is 25.1 Å². The maximum atomic E-state index is 4.61. The van der Waals surface area contributed by atoms with Crippen LogP contribution in [0.2, 0.25) is 0 Å². The number of benzene rings is 2. The van der Waals surface area contributed by atoms with Gasteiger partial charge in [0, 0.05) is 32.9 Å². The molecule has 0 bridgehead atoms. The topological polar surface area (TPSA) is 50.1 Å². The molecule has 1 fully saturated rings. The van der Waals surface area contributed by atoms with Crippen LogP contribution in [0.25, 0.3) is 0 Å². The largest absolute Gasteiger partial charge is 0.378 e. The zero-order valence-electron chi connectivity index (χ0n) is 18.6. The average molecular weight is 417 g/mol. The van der Waals surface area contributed by atoms with Crippen LogP contribution in [0.1, 0.15) is 66.7 Å². The molecular formula is C25H32N6. The highest BCUT2D eigenvalue weighted by Crippen LogP contribution is 2.36. The summed E-state index contributed by atoms with van der Waals surface area (Å²) in [5.41, 5.74) is 5.35. The molecule has 1 saturated carbocycles. The van der Waals surface area contributed by atoms with Gasteiger partial charge in [-0.2, -0.15) is 0 Å². The molecule has 0 spiro atoms. The van der Waals surface area contributed by atoms with Crippen molar-refractivity contribution in [2.24, 2.45) is 0 Å².